The van der Waals surface area contributed by atoms with Crippen LogP contribution in [0.5, 0.6) is 0 Å². The molecule has 26 heavy (non-hydrogen) atoms. The first-order valence-electron chi connectivity index (χ1n) is 8.38. The molecule has 4 amide bonds. The molecular formula is C17H20N4O5. The number of piperazine rings is 1. The molecule has 2 fully saturated rings. The fourth-order valence-electron chi connectivity index (χ4n) is 2.97. The predicted octanol–water partition coefficient (Wildman–Crippen LogP) is -1.00. The molecule has 0 aliphatic carbocycles. The first-order valence-corrected chi connectivity index (χ1v) is 8.38. The van der Waals surface area contributed by atoms with E-state index in [-0.39, 0.29) is 13.2 Å². The molecular weight excluding hydrogens is 340 g/mol. The van der Waals surface area contributed by atoms with Crippen LogP contribution < -0.4 is 10.8 Å². The van der Waals surface area contributed by atoms with Crippen LogP contribution in [0.2, 0.25) is 0 Å². The lowest BCUT2D eigenvalue weighted by molar-refractivity contribution is -0.169. The molecule has 2 atom stereocenters. The zero-order valence-corrected chi connectivity index (χ0v) is 14.3. The van der Waals surface area contributed by atoms with Crippen LogP contribution >= 0.6 is 0 Å². The molecule has 0 spiro atoms. The second kappa shape index (κ2) is 7.52. The van der Waals surface area contributed by atoms with Gasteiger partial charge in [-0.2, -0.15) is 0 Å². The predicted molar refractivity (Wildman–Crippen MR) is 88.8 cm³/mol. The Morgan fingerprint density at radius 3 is 2.58 bits per heavy atom. The van der Waals surface area contributed by atoms with E-state index >= 15 is 0 Å². The number of nitrogens with zero attached hydrogens (tertiary/aromatic N) is 2. The summed E-state index contributed by atoms with van der Waals surface area (Å²) in [6.07, 6.45) is -0.835. The fourth-order valence-corrected chi connectivity index (χ4v) is 2.97. The lowest BCUT2D eigenvalue weighted by Crippen LogP contribution is -2.73. The summed E-state index contributed by atoms with van der Waals surface area (Å²) >= 11 is 0. The van der Waals surface area contributed by atoms with Crippen molar-refractivity contribution in [3.05, 3.63) is 35.9 Å². The minimum Gasteiger partial charge on any atom is -0.334 e. The summed E-state index contributed by atoms with van der Waals surface area (Å²) in [7, 11) is 0. The fraction of sp³-hybridized carbons (Fsp3) is 0.412. The molecule has 0 saturated carbocycles. The molecule has 0 aromatic heterocycles. The highest BCUT2D eigenvalue weighted by Crippen LogP contribution is 2.22. The van der Waals surface area contributed by atoms with Crippen LogP contribution in [0.1, 0.15) is 12.5 Å². The van der Waals surface area contributed by atoms with Crippen LogP contribution in [-0.4, -0.2) is 59.2 Å². The van der Waals surface area contributed by atoms with E-state index in [2.05, 4.69) is 10.8 Å². The number of carbonyl (C=O) groups is 4. The summed E-state index contributed by atoms with van der Waals surface area (Å²) < 4.78 is 0. The first kappa shape index (κ1) is 17.9. The molecule has 2 N–H and O–H groups in total. The average molecular weight is 360 g/mol. The Labute approximate surface area is 150 Å². The van der Waals surface area contributed by atoms with Gasteiger partial charge in [0.15, 0.2) is 5.92 Å². The third-order valence-corrected chi connectivity index (χ3v) is 4.48. The molecule has 1 aromatic rings. The van der Waals surface area contributed by atoms with Crippen molar-refractivity contribution >= 4 is 23.6 Å². The number of rotatable bonds is 6. The second-order valence-electron chi connectivity index (χ2n) is 6.06. The zero-order valence-electron chi connectivity index (χ0n) is 14.3. The number of benzene rings is 1. The number of β-lactam (4-membered cyclic amide) rings is 1. The van der Waals surface area contributed by atoms with Gasteiger partial charge in [-0.1, -0.05) is 30.3 Å². The quantitative estimate of drug-likeness (QED) is 0.293. The van der Waals surface area contributed by atoms with E-state index in [0.717, 1.165) is 5.56 Å². The van der Waals surface area contributed by atoms with E-state index in [1.165, 1.54) is 9.80 Å². The lowest BCUT2D eigenvalue weighted by Gasteiger charge is -2.45. The summed E-state index contributed by atoms with van der Waals surface area (Å²) in [6.45, 7) is 3.00. The van der Waals surface area contributed by atoms with E-state index in [1.807, 2.05) is 30.3 Å². The molecule has 2 aliphatic rings. The smallest absolute Gasteiger partial charge is 0.313 e. The van der Waals surface area contributed by atoms with Gasteiger partial charge in [0, 0.05) is 19.6 Å². The van der Waals surface area contributed by atoms with Gasteiger partial charge in [-0.15, -0.1) is 0 Å². The summed E-state index contributed by atoms with van der Waals surface area (Å²) in [5.74, 6) is -3.59. The third-order valence-electron chi connectivity index (χ3n) is 4.48. The van der Waals surface area contributed by atoms with Crippen molar-refractivity contribution in [3.63, 3.8) is 0 Å². The van der Waals surface area contributed by atoms with Crippen molar-refractivity contribution in [1.82, 2.24) is 20.6 Å². The Morgan fingerprint density at radius 1 is 1.19 bits per heavy atom. The highest BCUT2D eigenvalue weighted by atomic mass is 16.6. The molecule has 1 aromatic carbocycles. The van der Waals surface area contributed by atoms with Crippen molar-refractivity contribution < 1.29 is 24.0 Å². The number of hydroxylamine groups is 1. The highest BCUT2D eigenvalue weighted by Gasteiger charge is 2.51. The van der Waals surface area contributed by atoms with Gasteiger partial charge in [-0.3, -0.25) is 24.0 Å². The van der Waals surface area contributed by atoms with Gasteiger partial charge in [-0.05, 0) is 12.5 Å². The molecule has 0 radical (unpaired) electrons. The Hall–Kier alpha value is -2.94. The minimum absolute atomic E-state index is 0.151. The van der Waals surface area contributed by atoms with E-state index in [9.17, 15) is 19.2 Å². The van der Waals surface area contributed by atoms with Crippen LogP contribution in [0, 0.1) is 5.92 Å². The van der Waals surface area contributed by atoms with Crippen LogP contribution in [-0.2, 0) is 30.6 Å². The maximum absolute atomic E-state index is 12.3. The zero-order chi connectivity index (χ0) is 18.7. The normalized spacial score (nSPS) is 22.7. The van der Waals surface area contributed by atoms with Crippen molar-refractivity contribution in [2.45, 2.75) is 19.7 Å². The van der Waals surface area contributed by atoms with Crippen LogP contribution in [0.15, 0.2) is 30.3 Å². The van der Waals surface area contributed by atoms with Gasteiger partial charge in [0.1, 0.15) is 6.17 Å². The summed E-state index contributed by atoms with van der Waals surface area (Å²) in [5.41, 5.74) is 3.11. The van der Waals surface area contributed by atoms with E-state index in [0.29, 0.717) is 13.1 Å². The summed E-state index contributed by atoms with van der Waals surface area (Å²) in [5, 5.41) is 2.51. The number of hydrogen-bond acceptors (Lipinski definition) is 5. The average Bonchev–Trinajstić information content (AvgIpc) is 2.63. The topological polar surface area (TPSA) is 108 Å². The van der Waals surface area contributed by atoms with E-state index < -0.39 is 35.7 Å². The molecule has 2 saturated heterocycles. The standard InChI is InChI=1S/C17H20N4O5/c1-2-20-8-9-21(17(25)16(20)24)13-12(14(22)18-13)15(23)19-26-10-11-6-4-3-5-7-11/h3-7,12-13H,2,8-10H2,1H3,(H,18,22)(H,19,23)/t12-,13-/m0/s1. The van der Waals surface area contributed by atoms with Crippen molar-refractivity contribution in [2.24, 2.45) is 5.92 Å². The monoisotopic (exact) mass is 360 g/mol. The molecule has 2 aliphatic heterocycles. The minimum atomic E-state index is -1.10. The number of nitrogens with one attached hydrogen (secondary N) is 2. The SMILES string of the molecule is CCN1CCN([C@@H]2NC(=O)[C@H]2C(=O)NOCc2ccccc2)C(=O)C1=O. The first-order chi connectivity index (χ1) is 12.5. The molecule has 3 rings (SSSR count). The Morgan fingerprint density at radius 2 is 1.92 bits per heavy atom. The van der Waals surface area contributed by atoms with Gasteiger partial charge in [0.25, 0.3) is 5.91 Å². The Bertz CT molecular complexity index is 723. The van der Waals surface area contributed by atoms with E-state index in [4.69, 9.17) is 4.84 Å². The van der Waals surface area contributed by atoms with Crippen molar-refractivity contribution in [2.75, 3.05) is 19.6 Å². The van der Waals surface area contributed by atoms with Crippen LogP contribution in [0.4, 0.5) is 0 Å². The molecule has 9 nitrogen and oxygen atoms in total. The number of hydrogen-bond donors (Lipinski definition) is 2. The molecule has 0 unspecified atom stereocenters. The highest BCUT2D eigenvalue weighted by molar-refractivity contribution is 6.35. The van der Waals surface area contributed by atoms with Gasteiger partial charge in [0.05, 0.1) is 6.61 Å². The lowest BCUT2D eigenvalue weighted by atomic mass is 9.94. The molecule has 9 heteroatoms. The number of likely N-dealkylation sites (N-methyl/N-ethyl adjacent to an activating group) is 1. The van der Waals surface area contributed by atoms with Crippen molar-refractivity contribution in [3.8, 4) is 0 Å². The second-order valence-corrected chi connectivity index (χ2v) is 6.06. The summed E-state index contributed by atoms with van der Waals surface area (Å²) in [4.78, 5) is 56.1. The number of amides is 4. The largest absolute Gasteiger partial charge is 0.334 e. The third kappa shape index (κ3) is 3.38. The maximum atomic E-state index is 12.3. The van der Waals surface area contributed by atoms with E-state index in [1.54, 1.807) is 6.92 Å². The van der Waals surface area contributed by atoms with Gasteiger partial charge < -0.3 is 15.1 Å². The van der Waals surface area contributed by atoms with Crippen LogP contribution in [0.3, 0.4) is 0 Å². The van der Waals surface area contributed by atoms with Gasteiger partial charge >= 0.3 is 11.8 Å². The number of carbonyl (C=O) groups excluding carboxylic acids is 4. The van der Waals surface area contributed by atoms with Gasteiger partial charge in [-0.25, -0.2) is 5.48 Å². The molecule has 2 heterocycles. The molecule has 138 valence electrons. The maximum Gasteiger partial charge on any atom is 0.313 e. The molecule has 0 bridgehead atoms. The summed E-state index contributed by atoms with van der Waals surface area (Å²) in [6, 6.07) is 9.22. The Kier molecular flexibility index (Phi) is 5.17. The van der Waals surface area contributed by atoms with Crippen LogP contribution in [0.25, 0.3) is 0 Å². The Balaban J connectivity index is 1.57. The van der Waals surface area contributed by atoms with Crippen molar-refractivity contribution in [1.29, 1.82) is 0 Å². The van der Waals surface area contributed by atoms with Gasteiger partial charge in [0.2, 0.25) is 5.91 Å².